The van der Waals surface area contributed by atoms with Crippen molar-refractivity contribution in [2.45, 2.75) is 24.8 Å². The second-order valence-electron chi connectivity index (χ2n) is 8.03. The second kappa shape index (κ2) is 9.82. The first-order valence-corrected chi connectivity index (χ1v) is 10.7. The average molecular weight is 438 g/mol. The van der Waals surface area contributed by atoms with Gasteiger partial charge in [0.25, 0.3) is 0 Å². The van der Waals surface area contributed by atoms with E-state index in [4.69, 9.17) is 14.6 Å². The molecule has 4 rings (SSSR count). The first-order chi connectivity index (χ1) is 15.5. The molecular formula is C24H26N2O6. The maximum Gasteiger partial charge on any atom is 0.407 e. The van der Waals surface area contributed by atoms with E-state index in [-0.39, 0.29) is 38.2 Å². The fraction of sp³-hybridized carbons (Fsp3) is 0.375. The summed E-state index contributed by atoms with van der Waals surface area (Å²) in [4.78, 5) is 35.1. The molecule has 8 heteroatoms. The Bertz CT molecular complexity index is 958. The highest BCUT2D eigenvalue weighted by Crippen LogP contribution is 2.44. The summed E-state index contributed by atoms with van der Waals surface area (Å²) in [6.07, 6.45) is 1.06. The molecule has 2 aromatic rings. The van der Waals surface area contributed by atoms with Crippen LogP contribution in [0.25, 0.3) is 11.1 Å². The zero-order valence-corrected chi connectivity index (χ0v) is 17.6. The number of ether oxygens (including phenoxy) is 2. The molecule has 1 saturated carbocycles. The fourth-order valence-electron chi connectivity index (χ4n) is 4.07. The van der Waals surface area contributed by atoms with Crippen LogP contribution in [0.4, 0.5) is 4.79 Å². The Morgan fingerprint density at radius 2 is 1.62 bits per heavy atom. The van der Waals surface area contributed by atoms with Crippen LogP contribution in [0.1, 0.15) is 29.9 Å². The van der Waals surface area contributed by atoms with E-state index in [1.807, 2.05) is 24.3 Å². The van der Waals surface area contributed by atoms with Gasteiger partial charge in [0.2, 0.25) is 5.91 Å². The molecule has 0 bridgehead atoms. The summed E-state index contributed by atoms with van der Waals surface area (Å²) in [5.74, 6) is -1.52. The Labute approximate surface area is 185 Å². The van der Waals surface area contributed by atoms with Crippen LogP contribution >= 0.6 is 0 Å². The van der Waals surface area contributed by atoms with Crippen molar-refractivity contribution in [2.75, 3.05) is 26.4 Å². The minimum atomic E-state index is -1.03. The highest BCUT2D eigenvalue weighted by molar-refractivity contribution is 5.84. The Balaban J connectivity index is 1.16. The molecule has 0 aliphatic heterocycles. The van der Waals surface area contributed by atoms with Crippen molar-refractivity contribution in [3.63, 3.8) is 0 Å². The quantitative estimate of drug-likeness (QED) is 0.491. The molecule has 2 aliphatic rings. The number of rotatable bonds is 10. The van der Waals surface area contributed by atoms with Crippen molar-refractivity contribution in [2.24, 2.45) is 5.92 Å². The zero-order chi connectivity index (χ0) is 22.5. The van der Waals surface area contributed by atoms with Crippen molar-refractivity contribution >= 4 is 18.0 Å². The number of carbonyl (C=O) groups is 3. The van der Waals surface area contributed by atoms with Crippen molar-refractivity contribution in [3.8, 4) is 11.1 Å². The van der Waals surface area contributed by atoms with E-state index in [1.54, 1.807) is 0 Å². The number of carbonyl (C=O) groups excluding carboxylic acids is 2. The molecule has 32 heavy (non-hydrogen) atoms. The molecule has 2 amide bonds. The van der Waals surface area contributed by atoms with Gasteiger partial charge in [-0.2, -0.15) is 0 Å². The third-order valence-electron chi connectivity index (χ3n) is 5.77. The third-order valence-corrected chi connectivity index (χ3v) is 5.77. The predicted octanol–water partition coefficient (Wildman–Crippen LogP) is 2.52. The molecule has 168 valence electrons. The minimum Gasteiger partial charge on any atom is -0.480 e. The molecule has 1 fully saturated rings. The number of amides is 2. The topological polar surface area (TPSA) is 114 Å². The number of hydrogen-bond donors (Lipinski definition) is 3. The molecule has 0 aromatic heterocycles. The van der Waals surface area contributed by atoms with Gasteiger partial charge in [-0.25, -0.2) is 9.59 Å². The van der Waals surface area contributed by atoms with E-state index in [0.717, 1.165) is 35.1 Å². The molecule has 2 aliphatic carbocycles. The van der Waals surface area contributed by atoms with Crippen LogP contribution in [0, 0.1) is 5.92 Å². The molecule has 8 nitrogen and oxygen atoms in total. The number of carboxylic acids is 1. The third kappa shape index (κ3) is 5.08. The normalized spacial score (nSPS) is 15.4. The Hall–Kier alpha value is -3.39. The SMILES string of the molecule is O=C(COCCNC(=O)OCC1c2ccccc2-c2ccccc21)NC(C(=O)O)C1CC1. The van der Waals surface area contributed by atoms with Crippen LogP contribution in [-0.2, 0) is 19.1 Å². The van der Waals surface area contributed by atoms with Crippen molar-refractivity contribution in [1.29, 1.82) is 0 Å². The van der Waals surface area contributed by atoms with Crippen LogP contribution in [0.2, 0.25) is 0 Å². The number of aliphatic carboxylic acids is 1. The summed E-state index contributed by atoms with van der Waals surface area (Å²) < 4.78 is 10.7. The number of hydrogen-bond acceptors (Lipinski definition) is 5. The van der Waals surface area contributed by atoms with Gasteiger partial charge in [0, 0.05) is 12.5 Å². The van der Waals surface area contributed by atoms with Gasteiger partial charge in [0.05, 0.1) is 6.61 Å². The summed E-state index contributed by atoms with van der Waals surface area (Å²) >= 11 is 0. The Kier molecular flexibility index (Phi) is 6.70. The summed E-state index contributed by atoms with van der Waals surface area (Å²) in [5, 5.41) is 14.2. The van der Waals surface area contributed by atoms with Gasteiger partial charge >= 0.3 is 12.1 Å². The smallest absolute Gasteiger partial charge is 0.407 e. The largest absolute Gasteiger partial charge is 0.480 e. The number of carboxylic acid groups (broad SMARTS) is 1. The van der Waals surface area contributed by atoms with E-state index in [0.29, 0.717) is 0 Å². The zero-order valence-electron chi connectivity index (χ0n) is 17.6. The molecular weight excluding hydrogens is 412 g/mol. The van der Waals surface area contributed by atoms with Gasteiger partial charge in [0.15, 0.2) is 0 Å². The lowest BCUT2D eigenvalue weighted by atomic mass is 9.98. The molecule has 1 atom stereocenters. The van der Waals surface area contributed by atoms with Crippen LogP contribution in [0.15, 0.2) is 48.5 Å². The van der Waals surface area contributed by atoms with E-state index in [2.05, 4.69) is 34.9 Å². The van der Waals surface area contributed by atoms with Crippen LogP contribution < -0.4 is 10.6 Å². The standard InChI is InChI=1S/C24H26N2O6/c27-21(26-22(23(28)29)15-9-10-15)14-31-12-11-25-24(30)32-13-20-18-7-3-1-5-16(18)17-6-2-4-8-19(17)20/h1-8,15,20,22H,9-14H2,(H,25,30)(H,26,27)(H,28,29). The average Bonchev–Trinajstić information content (AvgIpc) is 3.58. The molecule has 1 unspecified atom stereocenters. The summed E-state index contributed by atoms with van der Waals surface area (Å²) in [6, 6.07) is 15.4. The number of alkyl carbamates (subject to hydrolysis) is 1. The van der Waals surface area contributed by atoms with E-state index < -0.39 is 24.0 Å². The van der Waals surface area contributed by atoms with Gasteiger partial charge in [-0.15, -0.1) is 0 Å². The monoisotopic (exact) mass is 438 g/mol. The predicted molar refractivity (Wildman–Crippen MR) is 116 cm³/mol. The molecule has 0 spiro atoms. The maximum atomic E-state index is 12.1. The minimum absolute atomic E-state index is 0.00619. The summed E-state index contributed by atoms with van der Waals surface area (Å²) in [6.45, 7) is 0.247. The van der Waals surface area contributed by atoms with Gasteiger partial charge in [0.1, 0.15) is 19.3 Å². The van der Waals surface area contributed by atoms with Gasteiger partial charge in [-0.1, -0.05) is 48.5 Å². The Morgan fingerprint density at radius 3 is 2.22 bits per heavy atom. The molecule has 0 radical (unpaired) electrons. The molecule has 2 aromatic carbocycles. The van der Waals surface area contributed by atoms with Crippen molar-refractivity contribution < 1.29 is 29.0 Å². The molecule has 0 saturated heterocycles. The van der Waals surface area contributed by atoms with Gasteiger partial charge in [-0.05, 0) is 41.0 Å². The van der Waals surface area contributed by atoms with Crippen molar-refractivity contribution in [3.05, 3.63) is 59.7 Å². The van der Waals surface area contributed by atoms with E-state index >= 15 is 0 Å². The fourth-order valence-corrected chi connectivity index (χ4v) is 4.07. The number of benzene rings is 2. The first kappa shape index (κ1) is 21.8. The van der Waals surface area contributed by atoms with E-state index in [9.17, 15) is 14.4 Å². The Morgan fingerprint density at radius 1 is 1.00 bits per heavy atom. The number of fused-ring (bicyclic) bond motifs is 3. The maximum absolute atomic E-state index is 12.1. The molecule has 3 N–H and O–H groups in total. The number of nitrogens with one attached hydrogen (secondary N) is 2. The van der Waals surface area contributed by atoms with Crippen molar-refractivity contribution in [1.82, 2.24) is 10.6 Å². The van der Waals surface area contributed by atoms with Crippen LogP contribution in [-0.4, -0.2) is 55.5 Å². The highest BCUT2D eigenvalue weighted by atomic mass is 16.5. The van der Waals surface area contributed by atoms with Crippen LogP contribution in [0.5, 0.6) is 0 Å². The van der Waals surface area contributed by atoms with Crippen LogP contribution in [0.3, 0.4) is 0 Å². The van der Waals surface area contributed by atoms with E-state index in [1.165, 1.54) is 0 Å². The first-order valence-electron chi connectivity index (χ1n) is 10.7. The lowest BCUT2D eigenvalue weighted by molar-refractivity contribution is -0.143. The van der Waals surface area contributed by atoms with Gasteiger partial charge in [-0.3, -0.25) is 4.79 Å². The molecule has 0 heterocycles. The lowest BCUT2D eigenvalue weighted by Gasteiger charge is -2.15. The summed E-state index contributed by atoms with van der Waals surface area (Å²) in [7, 11) is 0. The lowest BCUT2D eigenvalue weighted by Crippen LogP contribution is -2.44. The highest BCUT2D eigenvalue weighted by Gasteiger charge is 2.37. The van der Waals surface area contributed by atoms with Gasteiger partial charge < -0.3 is 25.2 Å². The summed E-state index contributed by atoms with van der Waals surface area (Å²) in [5.41, 5.74) is 4.61. The second-order valence-corrected chi connectivity index (χ2v) is 8.03.